The quantitative estimate of drug-likeness (QED) is 0.840. The number of amides is 1. The highest BCUT2D eigenvalue weighted by Gasteiger charge is 2.40. The van der Waals surface area contributed by atoms with E-state index < -0.39 is 0 Å². The normalized spacial score (nSPS) is 25.6. The number of carbonyl (C=O) groups is 1. The minimum atomic E-state index is -0.328. The largest absolute Gasteiger partial charge is 0.353 e. The van der Waals surface area contributed by atoms with Gasteiger partial charge in [-0.2, -0.15) is 0 Å². The zero-order valence-electron chi connectivity index (χ0n) is 11.7. The molecule has 1 saturated heterocycles. The number of hydrogen-bond acceptors (Lipinski definition) is 3. The Morgan fingerprint density at radius 2 is 1.72 bits per heavy atom. The Hall–Kier alpha value is -0.610. The van der Waals surface area contributed by atoms with Crippen LogP contribution in [0.4, 0.5) is 0 Å². The van der Waals surface area contributed by atoms with Gasteiger partial charge in [0.05, 0.1) is 13.2 Å². The molecule has 1 heterocycles. The van der Waals surface area contributed by atoms with Crippen molar-refractivity contribution in [3.8, 4) is 0 Å². The zero-order chi connectivity index (χ0) is 13.2. The monoisotopic (exact) mass is 255 g/mol. The van der Waals surface area contributed by atoms with Crippen LogP contribution < -0.4 is 5.32 Å². The first-order valence-corrected chi connectivity index (χ1v) is 7.11. The Morgan fingerprint density at radius 3 is 2.22 bits per heavy atom. The maximum atomic E-state index is 12.0. The Balaban J connectivity index is 1.78. The fourth-order valence-corrected chi connectivity index (χ4v) is 2.62. The van der Waals surface area contributed by atoms with E-state index in [-0.39, 0.29) is 23.7 Å². The van der Waals surface area contributed by atoms with Gasteiger partial charge in [0.2, 0.25) is 5.91 Å². The van der Waals surface area contributed by atoms with Crippen LogP contribution in [0.3, 0.4) is 0 Å². The van der Waals surface area contributed by atoms with Crippen LogP contribution >= 0.6 is 0 Å². The van der Waals surface area contributed by atoms with E-state index in [0.717, 1.165) is 25.7 Å². The number of carbonyl (C=O) groups excluding carboxylic acids is 1. The van der Waals surface area contributed by atoms with Crippen LogP contribution in [-0.2, 0) is 14.3 Å². The molecule has 0 aromatic heterocycles. The molecule has 0 aromatic rings. The summed E-state index contributed by atoms with van der Waals surface area (Å²) in [6.45, 7) is 7.58. The molecule has 2 fully saturated rings. The van der Waals surface area contributed by atoms with Crippen molar-refractivity contribution in [3.63, 3.8) is 0 Å². The molecule has 2 rings (SSSR count). The van der Waals surface area contributed by atoms with E-state index in [0.29, 0.717) is 19.1 Å². The van der Waals surface area contributed by atoms with Crippen LogP contribution in [0.15, 0.2) is 0 Å². The lowest BCUT2D eigenvalue weighted by Gasteiger charge is -2.36. The zero-order valence-corrected chi connectivity index (χ0v) is 11.7. The van der Waals surface area contributed by atoms with Gasteiger partial charge >= 0.3 is 0 Å². The predicted octanol–water partition coefficient (Wildman–Crippen LogP) is 2.08. The molecule has 0 aromatic carbocycles. The fraction of sp³-hybridized carbons (Fsp3) is 0.929. The van der Waals surface area contributed by atoms with Crippen molar-refractivity contribution >= 4 is 5.91 Å². The van der Waals surface area contributed by atoms with Gasteiger partial charge in [0.1, 0.15) is 0 Å². The molecular weight excluding hydrogens is 230 g/mol. The van der Waals surface area contributed by atoms with Crippen molar-refractivity contribution < 1.29 is 14.3 Å². The SMILES string of the molecule is CC(C)C(C)C(=O)NC1CCC2(CC1)OCCO2. The summed E-state index contributed by atoms with van der Waals surface area (Å²) in [6, 6.07) is 0.289. The number of hydrogen-bond donors (Lipinski definition) is 1. The third-order valence-corrected chi connectivity index (χ3v) is 4.32. The molecule has 1 amide bonds. The van der Waals surface area contributed by atoms with Crippen LogP contribution in [-0.4, -0.2) is 30.9 Å². The van der Waals surface area contributed by atoms with Gasteiger partial charge in [-0.15, -0.1) is 0 Å². The van der Waals surface area contributed by atoms with Crippen molar-refractivity contribution in [2.75, 3.05) is 13.2 Å². The molecule has 0 bridgehead atoms. The second kappa shape index (κ2) is 5.57. The first-order chi connectivity index (χ1) is 8.52. The first-order valence-electron chi connectivity index (χ1n) is 7.11. The van der Waals surface area contributed by atoms with Gasteiger partial charge in [0.15, 0.2) is 5.79 Å². The lowest BCUT2D eigenvalue weighted by molar-refractivity contribution is -0.180. The third-order valence-electron chi connectivity index (χ3n) is 4.32. The first kappa shape index (κ1) is 13.8. The maximum Gasteiger partial charge on any atom is 0.223 e. The van der Waals surface area contributed by atoms with Crippen molar-refractivity contribution in [1.82, 2.24) is 5.32 Å². The minimum Gasteiger partial charge on any atom is -0.353 e. The molecule has 1 spiro atoms. The second-order valence-corrected chi connectivity index (χ2v) is 5.92. The van der Waals surface area contributed by atoms with E-state index in [4.69, 9.17) is 9.47 Å². The molecule has 1 N–H and O–H groups in total. The average molecular weight is 255 g/mol. The van der Waals surface area contributed by atoms with Crippen molar-refractivity contribution in [2.24, 2.45) is 11.8 Å². The number of nitrogens with one attached hydrogen (secondary N) is 1. The molecule has 4 heteroatoms. The maximum absolute atomic E-state index is 12.0. The Bertz CT molecular complexity index is 287. The van der Waals surface area contributed by atoms with E-state index >= 15 is 0 Å². The number of rotatable bonds is 3. The highest BCUT2D eigenvalue weighted by Crippen LogP contribution is 2.35. The Morgan fingerprint density at radius 1 is 1.17 bits per heavy atom. The van der Waals surface area contributed by atoms with Crippen LogP contribution in [0.2, 0.25) is 0 Å². The molecule has 1 saturated carbocycles. The molecule has 0 radical (unpaired) electrons. The summed E-state index contributed by atoms with van der Waals surface area (Å²) < 4.78 is 11.4. The standard InChI is InChI=1S/C14H25NO3/c1-10(2)11(3)13(16)15-12-4-6-14(7-5-12)17-8-9-18-14/h10-12H,4-9H2,1-3H3,(H,15,16). The summed E-state index contributed by atoms with van der Waals surface area (Å²) >= 11 is 0. The van der Waals surface area contributed by atoms with Gasteiger partial charge in [-0.05, 0) is 18.8 Å². The molecule has 1 aliphatic carbocycles. The summed E-state index contributed by atoms with van der Waals surface area (Å²) in [5, 5.41) is 3.16. The van der Waals surface area contributed by atoms with Gasteiger partial charge < -0.3 is 14.8 Å². The highest BCUT2D eigenvalue weighted by atomic mass is 16.7. The fourth-order valence-electron chi connectivity index (χ4n) is 2.62. The summed E-state index contributed by atoms with van der Waals surface area (Å²) in [6.07, 6.45) is 3.70. The van der Waals surface area contributed by atoms with Crippen LogP contribution in [0.1, 0.15) is 46.5 Å². The lowest BCUT2D eigenvalue weighted by atomic mass is 9.89. The molecule has 4 nitrogen and oxygen atoms in total. The Labute approximate surface area is 109 Å². The van der Waals surface area contributed by atoms with Crippen molar-refractivity contribution in [1.29, 1.82) is 0 Å². The topological polar surface area (TPSA) is 47.6 Å². The van der Waals surface area contributed by atoms with Gasteiger partial charge in [0.25, 0.3) is 0 Å². The van der Waals surface area contributed by atoms with Crippen molar-refractivity contribution in [2.45, 2.75) is 58.3 Å². The van der Waals surface area contributed by atoms with E-state index in [1.54, 1.807) is 0 Å². The molecule has 18 heavy (non-hydrogen) atoms. The van der Waals surface area contributed by atoms with Crippen LogP contribution in [0.5, 0.6) is 0 Å². The predicted molar refractivity (Wildman–Crippen MR) is 69.0 cm³/mol. The summed E-state index contributed by atoms with van der Waals surface area (Å²) in [5.41, 5.74) is 0. The van der Waals surface area contributed by atoms with Gasteiger partial charge in [-0.3, -0.25) is 4.79 Å². The average Bonchev–Trinajstić information content (AvgIpc) is 2.80. The van der Waals surface area contributed by atoms with Gasteiger partial charge in [0, 0.05) is 24.8 Å². The van der Waals surface area contributed by atoms with E-state index in [1.807, 2.05) is 6.92 Å². The molecule has 104 valence electrons. The molecular formula is C14H25NO3. The third kappa shape index (κ3) is 3.04. The van der Waals surface area contributed by atoms with Crippen molar-refractivity contribution in [3.05, 3.63) is 0 Å². The van der Waals surface area contributed by atoms with Crippen LogP contribution in [0.25, 0.3) is 0 Å². The number of ether oxygens (including phenoxy) is 2. The smallest absolute Gasteiger partial charge is 0.223 e. The molecule has 1 unspecified atom stereocenters. The van der Waals surface area contributed by atoms with E-state index in [9.17, 15) is 4.79 Å². The summed E-state index contributed by atoms with van der Waals surface area (Å²) in [4.78, 5) is 12.0. The molecule has 1 aliphatic heterocycles. The lowest BCUT2D eigenvalue weighted by Crippen LogP contribution is -2.45. The summed E-state index contributed by atoms with van der Waals surface area (Å²) in [5.74, 6) is 0.325. The van der Waals surface area contributed by atoms with Crippen LogP contribution in [0, 0.1) is 11.8 Å². The molecule has 2 aliphatic rings. The molecule has 1 atom stereocenters. The second-order valence-electron chi connectivity index (χ2n) is 5.92. The van der Waals surface area contributed by atoms with Gasteiger partial charge in [-0.25, -0.2) is 0 Å². The van der Waals surface area contributed by atoms with E-state index in [2.05, 4.69) is 19.2 Å². The highest BCUT2D eigenvalue weighted by molar-refractivity contribution is 5.78. The van der Waals surface area contributed by atoms with Gasteiger partial charge in [-0.1, -0.05) is 20.8 Å². The Kier molecular flexibility index (Phi) is 4.28. The van der Waals surface area contributed by atoms with E-state index in [1.165, 1.54) is 0 Å². The summed E-state index contributed by atoms with van der Waals surface area (Å²) in [7, 11) is 0. The minimum absolute atomic E-state index is 0.0832.